The third-order valence-electron chi connectivity index (χ3n) is 3.19. The zero-order chi connectivity index (χ0) is 17.3. The van der Waals surface area contributed by atoms with Crippen molar-refractivity contribution in [3.05, 3.63) is 35.9 Å². The van der Waals surface area contributed by atoms with E-state index in [1.54, 1.807) is 32.4 Å². The van der Waals surface area contributed by atoms with Crippen LogP contribution in [0.1, 0.15) is 16.1 Å². The number of carboxylic acids is 1. The number of aromatic nitrogens is 6. The Morgan fingerprint density at radius 3 is 2.67 bits per heavy atom. The summed E-state index contributed by atoms with van der Waals surface area (Å²) in [5.74, 6) is -0.548. The molecule has 122 valence electrons. The van der Waals surface area contributed by atoms with E-state index < -0.39 is 5.97 Å². The van der Waals surface area contributed by atoms with E-state index in [-0.39, 0.29) is 17.2 Å². The minimum absolute atomic E-state index is 0.0590. The topological polar surface area (TPSA) is 149 Å². The van der Waals surface area contributed by atoms with Crippen LogP contribution in [-0.4, -0.2) is 40.6 Å². The van der Waals surface area contributed by atoms with E-state index in [0.29, 0.717) is 17.3 Å². The van der Waals surface area contributed by atoms with E-state index in [4.69, 9.17) is 10.8 Å². The van der Waals surface area contributed by atoms with Crippen molar-refractivity contribution in [2.24, 2.45) is 17.3 Å². The van der Waals surface area contributed by atoms with Gasteiger partial charge >= 0.3 is 5.97 Å². The Morgan fingerprint density at radius 1 is 1.29 bits per heavy atom. The number of rotatable bonds is 4. The van der Waals surface area contributed by atoms with Gasteiger partial charge in [-0.05, 0) is 13.0 Å². The predicted molar refractivity (Wildman–Crippen MR) is 82.6 cm³/mol. The van der Waals surface area contributed by atoms with Crippen LogP contribution in [0.3, 0.4) is 0 Å². The van der Waals surface area contributed by atoms with E-state index in [2.05, 4.69) is 30.4 Å². The summed E-state index contributed by atoms with van der Waals surface area (Å²) in [6.07, 6.45) is 4.33. The van der Waals surface area contributed by atoms with E-state index in [1.165, 1.54) is 15.6 Å². The van der Waals surface area contributed by atoms with Gasteiger partial charge < -0.3 is 10.8 Å². The number of azo groups is 1. The van der Waals surface area contributed by atoms with Crippen molar-refractivity contribution in [2.45, 2.75) is 6.92 Å². The molecule has 0 saturated carbocycles. The molecule has 0 fully saturated rings. The molecule has 3 aromatic rings. The maximum atomic E-state index is 11.2. The van der Waals surface area contributed by atoms with Gasteiger partial charge in [0.15, 0.2) is 17.3 Å². The van der Waals surface area contributed by atoms with Crippen LogP contribution >= 0.6 is 0 Å². The first-order chi connectivity index (χ1) is 11.5. The lowest BCUT2D eigenvalue weighted by Gasteiger charge is -2.00. The van der Waals surface area contributed by atoms with E-state index >= 15 is 0 Å². The number of aryl methyl sites for hydroxylation is 2. The Morgan fingerprint density at radius 2 is 2.00 bits per heavy atom. The Kier molecular flexibility index (Phi) is 3.74. The molecule has 0 bridgehead atoms. The van der Waals surface area contributed by atoms with Gasteiger partial charge in [-0.2, -0.15) is 14.9 Å². The number of hydrogen-bond donors (Lipinski definition) is 2. The lowest BCUT2D eigenvalue weighted by atomic mass is 10.3. The second-order valence-corrected chi connectivity index (χ2v) is 4.79. The molecule has 0 radical (unpaired) electrons. The number of nitrogen functional groups attached to an aromatic ring is 1. The second kappa shape index (κ2) is 5.87. The van der Waals surface area contributed by atoms with E-state index in [0.717, 1.165) is 0 Å². The second-order valence-electron chi connectivity index (χ2n) is 4.79. The largest absolute Gasteiger partial charge is 0.477 e. The molecule has 0 unspecified atom stereocenters. The molecule has 0 spiro atoms. The predicted octanol–water partition coefficient (Wildman–Crippen LogP) is 1.40. The lowest BCUT2D eigenvalue weighted by molar-refractivity contribution is 0.0697. The summed E-state index contributed by atoms with van der Waals surface area (Å²) in [7, 11) is 1.57. The van der Waals surface area contributed by atoms with Gasteiger partial charge in [-0.3, -0.25) is 0 Å². The summed E-state index contributed by atoms with van der Waals surface area (Å²) in [6, 6.07) is 1.67. The van der Waals surface area contributed by atoms with Gasteiger partial charge in [0.25, 0.3) is 5.95 Å². The zero-order valence-electron chi connectivity index (χ0n) is 12.8. The number of anilines is 1. The highest BCUT2D eigenvalue weighted by Gasteiger charge is 2.17. The molecule has 0 aliphatic heterocycles. The molecule has 11 heteroatoms. The van der Waals surface area contributed by atoms with Gasteiger partial charge in [-0.25, -0.2) is 19.4 Å². The SMILES string of the molecule is Cc1nn(-c2ncccn2)c(N)c1N=Nc1c(C(=O)O)cnn1C. The highest BCUT2D eigenvalue weighted by molar-refractivity contribution is 5.92. The summed E-state index contributed by atoms with van der Waals surface area (Å²) in [6.45, 7) is 1.70. The standard InChI is InChI=1S/C13H13N9O2/c1-7-9(10(14)22(20-7)13-15-4-3-5-16-13)18-19-11-8(12(23)24)6-17-21(11)2/h3-6H,14H2,1-2H3,(H,23,24). The fourth-order valence-electron chi connectivity index (χ4n) is 2.01. The summed E-state index contributed by atoms with van der Waals surface area (Å²) in [5, 5.41) is 25.2. The number of hydrogen-bond acceptors (Lipinski definition) is 8. The third-order valence-corrected chi connectivity index (χ3v) is 3.19. The average Bonchev–Trinajstić information content (AvgIpc) is 3.07. The van der Waals surface area contributed by atoms with Crippen molar-refractivity contribution < 1.29 is 9.90 Å². The normalized spacial score (nSPS) is 11.2. The van der Waals surface area contributed by atoms with Crippen LogP contribution in [0, 0.1) is 6.92 Å². The maximum Gasteiger partial charge on any atom is 0.341 e. The molecule has 0 aliphatic carbocycles. The molecule has 0 aromatic carbocycles. The molecule has 0 amide bonds. The Hall–Kier alpha value is -3.63. The summed E-state index contributed by atoms with van der Waals surface area (Å²) in [4.78, 5) is 19.3. The van der Waals surface area contributed by atoms with Crippen molar-refractivity contribution in [3.63, 3.8) is 0 Å². The first kappa shape index (κ1) is 15.3. The maximum absolute atomic E-state index is 11.2. The van der Waals surface area contributed by atoms with Crippen LogP contribution in [-0.2, 0) is 7.05 Å². The molecule has 3 aromatic heterocycles. The molecular weight excluding hydrogens is 314 g/mol. The van der Waals surface area contributed by atoms with Gasteiger partial charge in [0.1, 0.15) is 5.56 Å². The van der Waals surface area contributed by atoms with Crippen molar-refractivity contribution in [2.75, 3.05) is 5.73 Å². The fraction of sp³-hybridized carbons (Fsp3) is 0.154. The lowest BCUT2D eigenvalue weighted by Crippen LogP contribution is -2.05. The van der Waals surface area contributed by atoms with Gasteiger partial charge in [-0.1, -0.05) is 0 Å². The molecule has 24 heavy (non-hydrogen) atoms. The third kappa shape index (κ3) is 2.58. The Bertz CT molecular complexity index is 927. The summed E-state index contributed by atoms with van der Waals surface area (Å²) >= 11 is 0. The number of nitrogens with two attached hydrogens (primary N) is 1. The molecule has 3 rings (SSSR count). The first-order valence-electron chi connectivity index (χ1n) is 6.78. The van der Waals surface area contributed by atoms with E-state index in [1.807, 2.05) is 0 Å². The highest BCUT2D eigenvalue weighted by Crippen LogP contribution is 2.30. The molecule has 0 aliphatic rings. The van der Waals surface area contributed by atoms with Crippen LogP contribution in [0.25, 0.3) is 5.95 Å². The van der Waals surface area contributed by atoms with Gasteiger partial charge in [0, 0.05) is 19.4 Å². The number of nitrogens with zero attached hydrogens (tertiary/aromatic N) is 8. The quantitative estimate of drug-likeness (QED) is 0.687. The average molecular weight is 327 g/mol. The van der Waals surface area contributed by atoms with Gasteiger partial charge in [0.2, 0.25) is 0 Å². The Labute approximate surface area is 135 Å². The van der Waals surface area contributed by atoms with Crippen molar-refractivity contribution in [1.82, 2.24) is 29.5 Å². The van der Waals surface area contributed by atoms with Crippen molar-refractivity contribution in [3.8, 4) is 5.95 Å². The van der Waals surface area contributed by atoms with Crippen LogP contribution in [0.2, 0.25) is 0 Å². The van der Waals surface area contributed by atoms with Gasteiger partial charge in [0.05, 0.1) is 11.9 Å². The number of aromatic carboxylic acids is 1. The van der Waals surface area contributed by atoms with Crippen molar-refractivity contribution in [1.29, 1.82) is 0 Å². The zero-order valence-corrected chi connectivity index (χ0v) is 12.8. The van der Waals surface area contributed by atoms with Crippen molar-refractivity contribution >= 4 is 23.3 Å². The van der Waals surface area contributed by atoms with E-state index in [9.17, 15) is 4.79 Å². The summed E-state index contributed by atoms with van der Waals surface area (Å²) < 4.78 is 2.65. The van der Waals surface area contributed by atoms with Crippen LogP contribution in [0.5, 0.6) is 0 Å². The summed E-state index contributed by atoms with van der Waals surface area (Å²) in [5.41, 5.74) is 6.79. The molecular formula is C13H13N9O2. The molecule has 0 atom stereocenters. The molecule has 0 saturated heterocycles. The first-order valence-corrected chi connectivity index (χ1v) is 6.78. The Balaban J connectivity index is 2.02. The fourth-order valence-corrected chi connectivity index (χ4v) is 2.01. The minimum Gasteiger partial charge on any atom is -0.477 e. The molecule has 3 heterocycles. The minimum atomic E-state index is -1.14. The highest BCUT2D eigenvalue weighted by atomic mass is 16.4. The van der Waals surface area contributed by atoms with Crippen LogP contribution in [0.15, 0.2) is 34.9 Å². The number of carbonyl (C=O) groups is 1. The van der Waals surface area contributed by atoms with Gasteiger partial charge in [-0.15, -0.1) is 10.2 Å². The van der Waals surface area contributed by atoms with Crippen LogP contribution < -0.4 is 5.73 Å². The molecule has 11 nitrogen and oxygen atoms in total. The molecule has 3 N–H and O–H groups in total. The monoisotopic (exact) mass is 327 g/mol. The number of carboxylic acid groups (broad SMARTS) is 1. The van der Waals surface area contributed by atoms with Crippen LogP contribution in [0.4, 0.5) is 17.3 Å². The smallest absolute Gasteiger partial charge is 0.341 e.